The van der Waals surface area contributed by atoms with Gasteiger partial charge in [-0.3, -0.25) is 0 Å². The summed E-state index contributed by atoms with van der Waals surface area (Å²) in [6.07, 6.45) is 9.44. The van der Waals surface area contributed by atoms with Gasteiger partial charge in [0.2, 0.25) is 10.0 Å². The minimum absolute atomic E-state index is 0.0214. The molecule has 1 heterocycles. The molecule has 0 amide bonds. The first-order chi connectivity index (χ1) is 10.1. The molecule has 116 valence electrons. The molecular weight excluding hydrogens is 282 g/mol. The standard InChI is InChI=1S/C17H25NO2S/c1-3-4-5-6-8-16-9-7-14-18(16)21(19,20)17-12-10-15(2)11-13-17/h6,8,10-13,16H,3-5,7,9,14H2,1-2H3/b8-6+. The molecule has 1 saturated heterocycles. The average Bonchev–Trinajstić information content (AvgIpc) is 2.93. The topological polar surface area (TPSA) is 37.4 Å². The van der Waals surface area contributed by atoms with E-state index < -0.39 is 10.0 Å². The summed E-state index contributed by atoms with van der Waals surface area (Å²) in [6, 6.07) is 7.15. The van der Waals surface area contributed by atoms with E-state index in [0.717, 1.165) is 31.2 Å². The van der Waals surface area contributed by atoms with Crippen LogP contribution in [-0.4, -0.2) is 25.3 Å². The molecule has 1 aliphatic heterocycles. The predicted molar refractivity (Wildman–Crippen MR) is 86.8 cm³/mol. The van der Waals surface area contributed by atoms with Crippen LogP contribution in [0.15, 0.2) is 41.3 Å². The largest absolute Gasteiger partial charge is 0.243 e. The molecule has 0 spiro atoms. The zero-order valence-electron chi connectivity index (χ0n) is 13.0. The molecule has 1 aromatic carbocycles. The first kappa shape index (κ1) is 16.2. The fourth-order valence-electron chi connectivity index (χ4n) is 2.68. The number of hydrogen-bond acceptors (Lipinski definition) is 2. The van der Waals surface area contributed by atoms with E-state index in [-0.39, 0.29) is 6.04 Å². The minimum atomic E-state index is -3.37. The van der Waals surface area contributed by atoms with E-state index in [1.165, 1.54) is 6.42 Å². The Hall–Kier alpha value is -1.13. The maximum absolute atomic E-state index is 12.7. The molecule has 1 fully saturated rings. The molecule has 0 aliphatic carbocycles. The highest BCUT2D eigenvalue weighted by Crippen LogP contribution is 2.27. The van der Waals surface area contributed by atoms with Gasteiger partial charge >= 0.3 is 0 Å². The zero-order valence-corrected chi connectivity index (χ0v) is 13.8. The minimum Gasteiger partial charge on any atom is -0.207 e. The van der Waals surface area contributed by atoms with Crippen LogP contribution < -0.4 is 0 Å². The third-order valence-corrected chi connectivity index (χ3v) is 5.90. The number of hydrogen-bond donors (Lipinski definition) is 0. The Kier molecular flexibility index (Phi) is 5.59. The number of aryl methyl sites for hydroxylation is 1. The molecule has 1 aromatic rings. The molecule has 1 unspecified atom stereocenters. The molecule has 1 aliphatic rings. The molecular formula is C17H25NO2S. The fraction of sp³-hybridized carbons (Fsp3) is 0.529. The Labute approximate surface area is 128 Å². The molecule has 2 rings (SSSR count). The Bertz CT molecular complexity index is 575. The molecule has 21 heavy (non-hydrogen) atoms. The summed E-state index contributed by atoms with van der Waals surface area (Å²) in [7, 11) is -3.37. The Morgan fingerprint density at radius 1 is 1.29 bits per heavy atom. The molecule has 1 atom stereocenters. The van der Waals surface area contributed by atoms with Crippen LogP contribution in [0.25, 0.3) is 0 Å². The van der Waals surface area contributed by atoms with Crippen molar-refractivity contribution in [2.24, 2.45) is 0 Å². The number of allylic oxidation sites excluding steroid dienone is 1. The summed E-state index contributed by atoms with van der Waals surface area (Å²) in [6.45, 7) is 4.75. The van der Waals surface area contributed by atoms with Gasteiger partial charge in [-0.2, -0.15) is 4.31 Å². The van der Waals surface area contributed by atoms with E-state index in [2.05, 4.69) is 19.1 Å². The van der Waals surface area contributed by atoms with Gasteiger partial charge in [0.15, 0.2) is 0 Å². The second-order valence-corrected chi connectivity index (χ2v) is 7.60. The van der Waals surface area contributed by atoms with E-state index in [1.54, 1.807) is 16.4 Å². The highest BCUT2D eigenvalue weighted by molar-refractivity contribution is 7.89. The van der Waals surface area contributed by atoms with Crippen molar-refractivity contribution in [3.63, 3.8) is 0 Å². The molecule has 0 bridgehead atoms. The summed E-state index contributed by atoms with van der Waals surface area (Å²) >= 11 is 0. The van der Waals surface area contributed by atoms with Gasteiger partial charge in [0.05, 0.1) is 4.90 Å². The molecule has 4 heteroatoms. The second-order valence-electron chi connectivity index (χ2n) is 5.71. The molecule has 0 aromatic heterocycles. The van der Waals surface area contributed by atoms with E-state index in [0.29, 0.717) is 11.4 Å². The molecule has 3 nitrogen and oxygen atoms in total. The fourth-order valence-corrected chi connectivity index (χ4v) is 4.33. The smallest absolute Gasteiger partial charge is 0.207 e. The van der Waals surface area contributed by atoms with Gasteiger partial charge in [0, 0.05) is 12.6 Å². The lowest BCUT2D eigenvalue weighted by Crippen LogP contribution is -2.34. The van der Waals surface area contributed by atoms with Gasteiger partial charge in [0.1, 0.15) is 0 Å². The van der Waals surface area contributed by atoms with Crippen LogP contribution in [-0.2, 0) is 10.0 Å². The lowest BCUT2D eigenvalue weighted by molar-refractivity contribution is 0.432. The maximum Gasteiger partial charge on any atom is 0.243 e. The van der Waals surface area contributed by atoms with Gasteiger partial charge < -0.3 is 0 Å². The number of benzene rings is 1. The first-order valence-corrected chi connectivity index (χ1v) is 9.25. The number of unbranched alkanes of at least 4 members (excludes halogenated alkanes) is 2. The number of rotatable bonds is 6. The molecule has 0 saturated carbocycles. The normalized spacial score (nSPS) is 20.4. The summed E-state index contributed by atoms with van der Waals surface area (Å²) in [5, 5.41) is 0. The van der Waals surface area contributed by atoms with Crippen LogP contribution in [0.5, 0.6) is 0 Å². The van der Waals surface area contributed by atoms with Crippen molar-refractivity contribution in [2.75, 3.05) is 6.54 Å². The van der Waals surface area contributed by atoms with Crippen LogP contribution in [0.4, 0.5) is 0 Å². The molecule has 0 N–H and O–H groups in total. The average molecular weight is 307 g/mol. The van der Waals surface area contributed by atoms with Crippen molar-refractivity contribution in [2.45, 2.75) is 56.9 Å². The SMILES string of the molecule is CCCC/C=C/C1CCCN1S(=O)(=O)c1ccc(C)cc1. The van der Waals surface area contributed by atoms with Crippen molar-refractivity contribution >= 4 is 10.0 Å². The Morgan fingerprint density at radius 3 is 2.67 bits per heavy atom. The van der Waals surface area contributed by atoms with Crippen molar-refractivity contribution in [3.05, 3.63) is 42.0 Å². The summed E-state index contributed by atoms with van der Waals surface area (Å²) in [4.78, 5) is 0.405. The van der Waals surface area contributed by atoms with E-state index in [9.17, 15) is 8.42 Å². The third kappa shape index (κ3) is 3.95. The van der Waals surface area contributed by atoms with Crippen molar-refractivity contribution < 1.29 is 8.42 Å². The third-order valence-electron chi connectivity index (χ3n) is 3.96. The summed E-state index contributed by atoms with van der Waals surface area (Å²) in [5.41, 5.74) is 1.08. The van der Waals surface area contributed by atoms with Gasteiger partial charge in [-0.15, -0.1) is 0 Å². The van der Waals surface area contributed by atoms with Gasteiger partial charge in [-0.05, 0) is 38.3 Å². The first-order valence-electron chi connectivity index (χ1n) is 7.81. The van der Waals surface area contributed by atoms with Crippen LogP contribution in [0, 0.1) is 6.92 Å². The van der Waals surface area contributed by atoms with Gasteiger partial charge in [-0.1, -0.05) is 49.6 Å². The van der Waals surface area contributed by atoms with Gasteiger partial charge in [0.25, 0.3) is 0 Å². The Morgan fingerprint density at radius 2 is 2.00 bits per heavy atom. The van der Waals surface area contributed by atoms with Crippen molar-refractivity contribution in [3.8, 4) is 0 Å². The highest BCUT2D eigenvalue weighted by Gasteiger charge is 2.33. The summed E-state index contributed by atoms with van der Waals surface area (Å²) < 4.78 is 27.1. The van der Waals surface area contributed by atoms with Crippen LogP contribution in [0.1, 0.15) is 44.6 Å². The van der Waals surface area contributed by atoms with Crippen molar-refractivity contribution in [1.82, 2.24) is 4.31 Å². The summed E-state index contributed by atoms with van der Waals surface area (Å²) in [5.74, 6) is 0. The predicted octanol–water partition coefficient (Wildman–Crippen LogP) is 3.89. The lowest BCUT2D eigenvalue weighted by Gasteiger charge is -2.21. The van der Waals surface area contributed by atoms with Crippen LogP contribution >= 0.6 is 0 Å². The highest BCUT2D eigenvalue weighted by atomic mass is 32.2. The monoisotopic (exact) mass is 307 g/mol. The van der Waals surface area contributed by atoms with E-state index in [4.69, 9.17) is 0 Å². The van der Waals surface area contributed by atoms with Crippen LogP contribution in [0.2, 0.25) is 0 Å². The van der Waals surface area contributed by atoms with Crippen molar-refractivity contribution in [1.29, 1.82) is 0 Å². The lowest BCUT2D eigenvalue weighted by atomic mass is 10.2. The van der Waals surface area contributed by atoms with Crippen LogP contribution in [0.3, 0.4) is 0 Å². The molecule has 0 radical (unpaired) electrons. The zero-order chi connectivity index (χ0) is 15.3. The number of nitrogens with zero attached hydrogens (tertiary/aromatic N) is 1. The number of sulfonamides is 1. The van der Waals surface area contributed by atoms with E-state index in [1.807, 2.05) is 19.1 Å². The van der Waals surface area contributed by atoms with Gasteiger partial charge in [-0.25, -0.2) is 8.42 Å². The Balaban J connectivity index is 2.14. The van der Waals surface area contributed by atoms with E-state index >= 15 is 0 Å². The quantitative estimate of drug-likeness (QED) is 0.590. The maximum atomic E-state index is 12.7. The second kappa shape index (κ2) is 7.23.